The molecule has 0 bridgehead atoms. The van der Waals surface area contributed by atoms with Gasteiger partial charge >= 0.3 is 0 Å². The zero-order valence-electron chi connectivity index (χ0n) is 12.6. The normalized spacial score (nSPS) is 11.6. The lowest BCUT2D eigenvalue weighted by molar-refractivity contribution is -0.122. The first-order chi connectivity index (χ1) is 10.9. The largest absolute Gasteiger partial charge is 0.505 e. The number of aromatic hydroxyl groups is 1. The van der Waals surface area contributed by atoms with Gasteiger partial charge in [0.2, 0.25) is 5.91 Å². The van der Waals surface area contributed by atoms with Crippen LogP contribution in [0.1, 0.15) is 17.4 Å². The van der Waals surface area contributed by atoms with Crippen LogP contribution >= 0.6 is 11.6 Å². The summed E-state index contributed by atoms with van der Waals surface area (Å²) in [5.74, 6) is -1.24. The molecule has 0 aliphatic rings. The number of hydrogen-bond donors (Lipinski definition) is 3. The minimum atomic E-state index is -0.735. The van der Waals surface area contributed by atoms with Crippen molar-refractivity contribution < 1.29 is 14.7 Å². The molecule has 0 spiro atoms. The van der Waals surface area contributed by atoms with E-state index in [0.717, 1.165) is 5.56 Å². The number of carbonyl (C=O) groups is 2. The molecule has 1 unspecified atom stereocenters. The van der Waals surface area contributed by atoms with E-state index >= 15 is 0 Å². The van der Waals surface area contributed by atoms with Crippen molar-refractivity contribution >= 4 is 23.4 Å². The van der Waals surface area contributed by atoms with Gasteiger partial charge < -0.3 is 15.7 Å². The van der Waals surface area contributed by atoms with Gasteiger partial charge in [-0.15, -0.1) is 0 Å². The van der Waals surface area contributed by atoms with E-state index in [-0.39, 0.29) is 17.4 Å². The number of halogens is 1. The monoisotopic (exact) mass is 333 g/mol. The number of benzene rings is 1. The Morgan fingerprint density at radius 1 is 1.26 bits per heavy atom. The lowest BCUT2D eigenvalue weighted by Gasteiger charge is -2.13. The van der Waals surface area contributed by atoms with E-state index in [1.54, 1.807) is 18.2 Å². The van der Waals surface area contributed by atoms with Crippen LogP contribution in [0.3, 0.4) is 0 Å². The summed E-state index contributed by atoms with van der Waals surface area (Å²) in [6.07, 6.45) is 1.46. The van der Waals surface area contributed by atoms with Crippen LogP contribution in [0.2, 0.25) is 5.02 Å². The van der Waals surface area contributed by atoms with Crippen LogP contribution < -0.4 is 10.6 Å². The van der Waals surface area contributed by atoms with E-state index in [1.165, 1.54) is 26.2 Å². The van der Waals surface area contributed by atoms with Gasteiger partial charge in [-0.25, -0.2) is 4.98 Å². The molecule has 1 heterocycles. The molecule has 2 aromatic rings. The third-order valence-electron chi connectivity index (χ3n) is 3.23. The highest BCUT2D eigenvalue weighted by molar-refractivity contribution is 6.30. The Kier molecular flexibility index (Phi) is 5.18. The van der Waals surface area contributed by atoms with Gasteiger partial charge in [-0.1, -0.05) is 23.7 Å². The van der Waals surface area contributed by atoms with Crippen LogP contribution in [0.5, 0.6) is 5.75 Å². The molecule has 0 aliphatic carbocycles. The quantitative estimate of drug-likeness (QED) is 0.797. The average Bonchev–Trinajstić information content (AvgIpc) is 2.53. The molecule has 23 heavy (non-hydrogen) atoms. The number of rotatable bonds is 4. The molecule has 0 saturated heterocycles. The molecule has 6 nitrogen and oxygen atoms in total. The molecule has 0 saturated carbocycles. The van der Waals surface area contributed by atoms with Crippen LogP contribution in [0, 0.1) is 0 Å². The topological polar surface area (TPSA) is 91.3 Å². The van der Waals surface area contributed by atoms with Crippen molar-refractivity contribution in [2.45, 2.75) is 13.0 Å². The summed E-state index contributed by atoms with van der Waals surface area (Å²) < 4.78 is 0. The summed E-state index contributed by atoms with van der Waals surface area (Å²) in [7, 11) is 1.47. The lowest BCUT2D eigenvalue weighted by atomic mass is 10.1. The Labute approximate surface area is 138 Å². The maximum atomic E-state index is 12.1. The highest BCUT2D eigenvalue weighted by Gasteiger charge is 2.19. The standard InChI is InChI=1S/C16H16ClN3O3/c1-9(15(22)18-2)20-16(23)14-13(21)7-11(8-19-14)10-4-3-5-12(17)6-10/h3-9,21H,1-2H3,(H,18,22)(H,20,23). The molecule has 2 rings (SSSR count). The number of pyridine rings is 1. The van der Waals surface area contributed by atoms with Crippen molar-refractivity contribution in [2.24, 2.45) is 0 Å². The minimum absolute atomic E-state index is 0.147. The van der Waals surface area contributed by atoms with Crippen molar-refractivity contribution in [3.05, 3.63) is 47.2 Å². The second-order valence-electron chi connectivity index (χ2n) is 4.91. The molecule has 0 aliphatic heterocycles. The zero-order chi connectivity index (χ0) is 17.0. The molecule has 1 aromatic heterocycles. The van der Waals surface area contributed by atoms with Crippen LogP contribution in [0.25, 0.3) is 11.1 Å². The molecule has 3 N–H and O–H groups in total. The number of aromatic nitrogens is 1. The van der Waals surface area contributed by atoms with Gasteiger partial charge in [0, 0.05) is 23.8 Å². The van der Waals surface area contributed by atoms with Crippen molar-refractivity contribution in [2.75, 3.05) is 7.05 Å². The molecule has 0 radical (unpaired) electrons. The number of carbonyl (C=O) groups excluding carboxylic acids is 2. The molecule has 2 amide bonds. The third-order valence-corrected chi connectivity index (χ3v) is 3.46. The Morgan fingerprint density at radius 3 is 2.61 bits per heavy atom. The van der Waals surface area contributed by atoms with Crippen LogP contribution in [-0.2, 0) is 4.79 Å². The average molecular weight is 334 g/mol. The summed E-state index contributed by atoms with van der Waals surface area (Å²) >= 11 is 5.93. The fourth-order valence-electron chi connectivity index (χ4n) is 2.00. The lowest BCUT2D eigenvalue weighted by Crippen LogP contribution is -2.43. The molecular formula is C16H16ClN3O3. The number of nitrogens with zero attached hydrogens (tertiary/aromatic N) is 1. The maximum Gasteiger partial charge on any atom is 0.274 e. The fourth-order valence-corrected chi connectivity index (χ4v) is 2.19. The molecule has 7 heteroatoms. The predicted octanol–water partition coefficient (Wildman–Crippen LogP) is 1.97. The molecule has 1 atom stereocenters. The maximum absolute atomic E-state index is 12.1. The van der Waals surface area contributed by atoms with Crippen LogP contribution in [0.15, 0.2) is 36.5 Å². The van der Waals surface area contributed by atoms with Gasteiger partial charge in [-0.2, -0.15) is 0 Å². The summed E-state index contributed by atoms with van der Waals surface area (Å²) in [5.41, 5.74) is 1.25. The van der Waals surface area contributed by atoms with Gasteiger partial charge in [0.25, 0.3) is 5.91 Å². The molecule has 0 fully saturated rings. The second kappa shape index (κ2) is 7.11. The van der Waals surface area contributed by atoms with Crippen LogP contribution in [0.4, 0.5) is 0 Å². The highest BCUT2D eigenvalue weighted by atomic mass is 35.5. The Morgan fingerprint density at radius 2 is 2.00 bits per heavy atom. The van der Waals surface area contributed by atoms with Crippen molar-refractivity contribution in [3.63, 3.8) is 0 Å². The summed E-state index contributed by atoms with van der Waals surface area (Å²) in [4.78, 5) is 27.5. The number of amides is 2. The smallest absolute Gasteiger partial charge is 0.274 e. The first-order valence-corrected chi connectivity index (χ1v) is 7.27. The van der Waals surface area contributed by atoms with E-state index in [9.17, 15) is 14.7 Å². The summed E-state index contributed by atoms with van der Waals surface area (Å²) in [5, 5.41) is 15.5. The van der Waals surface area contributed by atoms with Crippen molar-refractivity contribution in [1.29, 1.82) is 0 Å². The van der Waals surface area contributed by atoms with Crippen molar-refractivity contribution in [1.82, 2.24) is 15.6 Å². The van der Waals surface area contributed by atoms with E-state index < -0.39 is 11.9 Å². The van der Waals surface area contributed by atoms with Crippen molar-refractivity contribution in [3.8, 4) is 16.9 Å². The van der Waals surface area contributed by atoms with Gasteiger partial charge in [-0.05, 0) is 30.7 Å². The van der Waals surface area contributed by atoms with Gasteiger partial charge in [0.05, 0.1) is 0 Å². The minimum Gasteiger partial charge on any atom is -0.505 e. The van der Waals surface area contributed by atoms with E-state index in [0.29, 0.717) is 10.6 Å². The SMILES string of the molecule is CNC(=O)C(C)NC(=O)c1ncc(-c2cccc(Cl)c2)cc1O. The summed E-state index contributed by atoms with van der Waals surface area (Å²) in [6.45, 7) is 1.54. The highest BCUT2D eigenvalue weighted by Crippen LogP contribution is 2.26. The predicted molar refractivity (Wildman–Crippen MR) is 87.3 cm³/mol. The van der Waals surface area contributed by atoms with E-state index in [1.807, 2.05) is 6.07 Å². The van der Waals surface area contributed by atoms with Gasteiger partial charge in [-0.3, -0.25) is 9.59 Å². The summed E-state index contributed by atoms with van der Waals surface area (Å²) in [6, 6.07) is 7.75. The molecule has 1 aromatic carbocycles. The molecular weight excluding hydrogens is 318 g/mol. The zero-order valence-corrected chi connectivity index (χ0v) is 13.4. The number of likely N-dealkylation sites (N-methyl/N-ethyl adjacent to an activating group) is 1. The van der Waals surface area contributed by atoms with Gasteiger partial charge in [0.15, 0.2) is 5.69 Å². The Hall–Kier alpha value is -2.60. The van der Waals surface area contributed by atoms with E-state index in [2.05, 4.69) is 15.6 Å². The second-order valence-corrected chi connectivity index (χ2v) is 5.35. The van der Waals surface area contributed by atoms with E-state index in [4.69, 9.17) is 11.6 Å². The third kappa shape index (κ3) is 3.98. The van der Waals surface area contributed by atoms with Crippen LogP contribution in [-0.4, -0.2) is 35.0 Å². The Balaban J connectivity index is 2.22. The molecule has 120 valence electrons. The van der Waals surface area contributed by atoms with Gasteiger partial charge in [0.1, 0.15) is 11.8 Å². The number of nitrogens with one attached hydrogen (secondary N) is 2. The fraction of sp³-hybridized carbons (Fsp3) is 0.188. The first kappa shape index (κ1) is 16.8. The number of hydrogen-bond acceptors (Lipinski definition) is 4. The Bertz CT molecular complexity index is 749. The first-order valence-electron chi connectivity index (χ1n) is 6.89.